The number of amides is 1. The van der Waals surface area contributed by atoms with Gasteiger partial charge >= 0.3 is 88.7 Å². The van der Waals surface area contributed by atoms with Crippen LogP contribution in [0.4, 0.5) is 17.5 Å². The van der Waals surface area contributed by atoms with Crippen LogP contribution in [0.1, 0.15) is 28.9 Å². The Hall–Kier alpha value is -1.75. The van der Waals surface area contributed by atoms with Crippen LogP contribution in [0.25, 0.3) is 11.2 Å². The van der Waals surface area contributed by atoms with Crippen LogP contribution in [-0.2, 0) is 16.1 Å². The Balaban J connectivity index is 0.00000432. The number of carbonyl (C=O) groups is 3. The standard InChI is InChI=1S/C20H22N8O6.3Na/c1-28(8-12-18(32)26-16-14(23-12)15(21)25-20(22)27-16)10-4-2-9(3-5-10)17(31)24-11(19(33)34)6-7-13(29)30;;;/h2-5,11H,6-8H2,1H3,(H,24,31)(H,29,30)(H,33,34)(H5,21,22,25,26,27,32);;;/q;3*+1/p-3/t11-;;;/m0.../s1. The zero-order chi connectivity index (χ0) is 25.0. The summed E-state index contributed by atoms with van der Waals surface area (Å²) < 4.78 is 0. The summed E-state index contributed by atoms with van der Waals surface area (Å²) in [6.07, 6.45) is -0.920. The maximum absolute atomic E-state index is 12.3. The largest absolute Gasteiger partial charge is 1.00 e. The second kappa shape index (κ2) is 15.6. The third-order valence-electron chi connectivity index (χ3n) is 4.80. The van der Waals surface area contributed by atoms with E-state index in [1.165, 1.54) is 12.1 Å². The van der Waals surface area contributed by atoms with Gasteiger partial charge in [-0.05, 0) is 37.1 Å². The van der Waals surface area contributed by atoms with Gasteiger partial charge in [0, 0.05) is 30.1 Å². The smallest absolute Gasteiger partial charge is 0.857 e. The first-order chi connectivity index (χ1) is 16.0. The summed E-state index contributed by atoms with van der Waals surface area (Å²) in [7, 11) is 1.68. The fraction of sp³-hybridized carbons (Fsp3) is 0.250. The first-order valence-electron chi connectivity index (χ1n) is 9.84. The molecule has 0 spiro atoms. The molecule has 0 saturated carbocycles. The van der Waals surface area contributed by atoms with E-state index in [2.05, 4.69) is 25.3 Å². The number of anilines is 3. The molecule has 3 aromatic rings. The molecule has 0 aliphatic rings. The van der Waals surface area contributed by atoms with Gasteiger partial charge in [0.15, 0.2) is 17.0 Å². The van der Waals surface area contributed by atoms with Gasteiger partial charge in [0.2, 0.25) is 5.95 Å². The van der Waals surface area contributed by atoms with E-state index in [4.69, 9.17) is 11.5 Å². The monoisotopic (exact) mass is 536 g/mol. The molecule has 1 aromatic carbocycles. The molecular formula is C20H19N8Na3O6. The summed E-state index contributed by atoms with van der Waals surface area (Å²) in [6, 6.07) is 4.53. The van der Waals surface area contributed by atoms with Gasteiger partial charge < -0.3 is 46.6 Å². The fourth-order valence-electron chi connectivity index (χ4n) is 3.05. The quantitative estimate of drug-likeness (QED) is 0.216. The molecule has 0 aliphatic heterocycles. The maximum Gasteiger partial charge on any atom is 1.00 e. The van der Waals surface area contributed by atoms with E-state index in [1.54, 1.807) is 24.1 Å². The van der Waals surface area contributed by atoms with Crippen LogP contribution in [0.3, 0.4) is 0 Å². The molecule has 5 N–H and O–H groups in total. The molecule has 1 amide bonds. The molecule has 0 fully saturated rings. The Kier molecular flexibility index (Phi) is 14.9. The minimum absolute atomic E-state index is 0. The summed E-state index contributed by atoms with van der Waals surface area (Å²) in [6.45, 7) is 0.0487. The van der Waals surface area contributed by atoms with E-state index in [1.807, 2.05) is 0 Å². The summed E-state index contributed by atoms with van der Waals surface area (Å²) in [5.41, 5.74) is 12.3. The number of nitrogens with two attached hydrogens (primary N) is 2. The molecule has 0 aliphatic carbocycles. The molecule has 1 atom stereocenters. The number of aliphatic carboxylic acids is 2. The number of nitrogens with zero attached hydrogens (tertiary/aromatic N) is 5. The van der Waals surface area contributed by atoms with E-state index in [-0.39, 0.29) is 136 Å². The van der Waals surface area contributed by atoms with Crippen molar-refractivity contribution < 1.29 is 118 Å². The summed E-state index contributed by atoms with van der Waals surface area (Å²) in [5.74, 6) is -4.52. The van der Waals surface area contributed by atoms with E-state index in [9.17, 15) is 29.7 Å². The zero-order valence-electron chi connectivity index (χ0n) is 20.8. The van der Waals surface area contributed by atoms with Gasteiger partial charge in [0.05, 0.1) is 24.2 Å². The number of hydrogen-bond acceptors (Lipinski definition) is 13. The van der Waals surface area contributed by atoms with Crippen LogP contribution in [0.15, 0.2) is 24.3 Å². The number of aromatic nitrogens is 4. The number of benzene rings is 1. The van der Waals surface area contributed by atoms with Crippen molar-refractivity contribution in [3.63, 3.8) is 0 Å². The number of nitrogens with one attached hydrogen (secondary N) is 1. The Labute approximate surface area is 277 Å². The van der Waals surface area contributed by atoms with Crippen LogP contribution < -0.4 is 126 Å². The van der Waals surface area contributed by atoms with Crippen molar-refractivity contribution >= 4 is 46.5 Å². The minimum Gasteiger partial charge on any atom is -0.857 e. The molecule has 37 heavy (non-hydrogen) atoms. The second-order valence-corrected chi connectivity index (χ2v) is 7.27. The number of carboxylic acid groups (broad SMARTS) is 2. The van der Waals surface area contributed by atoms with Crippen molar-refractivity contribution in [1.82, 2.24) is 25.3 Å². The molecule has 3 rings (SSSR count). The van der Waals surface area contributed by atoms with Crippen LogP contribution in [0, 0.1) is 0 Å². The minimum atomic E-state index is -1.61. The van der Waals surface area contributed by atoms with E-state index in [0.29, 0.717) is 5.69 Å². The topological polar surface area (TPSA) is 239 Å². The number of carbonyl (C=O) groups excluding carboxylic acids is 3. The van der Waals surface area contributed by atoms with Gasteiger partial charge in [-0.25, -0.2) is 9.97 Å². The molecule has 2 aromatic heterocycles. The average Bonchev–Trinajstić information content (AvgIpc) is 2.77. The number of nitrogen functional groups attached to an aromatic ring is 2. The van der Waals surface area contributed by atoms with Gasteiger partial charge in [0.1, 0.15) is 0 Å². The molecule has 0 unspecified atom stereocenters. The Morgan fingerprint density at radius 1 is 1.00 bits per heavy atom. The molecule has 14 nitrogen and oxygen atoms in total. The Morgan fingerprint density at radius 3 is 2.19 bits per heavy atom. The van der Waals surface area contributed by atoms with E-state index >= 15 is 0 Å². The van der Waals surface area contributed by atoms with Crippen LogP contribution >= 0.6 is 0 Å². The first-order valence-corrected chi connectivity index (χ1v) is 9.84. The number of fused-ring (bicyclic) bond motifs is 1. The predicted octanol–water partition coefficient (Wildman–Crippen LogP) is -12.3. The van der Waals surface area contributed by atoms with E-state index in [0.717, 1.165) is 0 Å². The van der Waals surface area contributed by atoms with E-state index < -0.39 is 36.2 Å². The number of carboxylic acids is 2. The number of hydrogen-bond donors (Lipinski definition) is 3. The van der Waals surface area contributed by atoms with Gasteiger partial charge in [-0.3, -0.25) is 4.79 Å². The van der Waals surface area contributed by atoms with Crippen LogP contribution in [0.5, 0.6) is 5.88 Å². The summed E-state index contributed by atoms with van der Waals surface area (Å²) in [4.78, 5) is 51.4. The molecule has 0 radical (unpaired) electrons. The van der Waals surface area contributed by atoms with Crippen LogP contribution in [-0.4, -0.2) is 50.9 Å². The SMILES string of the molecule is CN(Cc1nc2c(N)nc(N)nc2nc1[O-])c1ccc(C(=O)N[C@@H](CCC(=O)[O-])C(=O)[O-])cc1.[Na+].[Na+].[Na+]. The van der Waals surface area contributed by atoms with Crippen molar-refractivity contribution in [2.24, 2.45) is 0 Å². The molecule has 2 heterocycles. The molecular weight excluding hydrogens is 517 g/mol. The van der Waals surface area contributed by atoms with Gasteiger partial charge in [0.25, 0.3) is 5.91 Å². The van der Waals surface area contributed by atoms with Gasteiger partial charge in [-0.1, -0.05) is 0 Å². The Morgan fingerprint density at radius 2 is 1.62 bits per heavy atom. The third-order valence-corrected chi connectivity index (χ3v) is 4.80. The second-order valence-electron chi connectivity index (χ2n) is 7.27. The van der Waals surface area contributed by atoms with Gasteiger partial charge in [-0.2, -0.15) is 9.97 Å². The molecule has 0 saturated heterocycles. The molecule has 178 valence electrons. The maximum atomic E-state index is 12.3. The first kappa shape index (κ1) is 35.2. The third kappa shape index (κ3) is 9.50. The average molecular weight is 536 g/mol. The van der Waals surface area contributed by atoms with Crippen molar-refractivity contribution in [2.75, 3.05) is 23.4 Å². The Bertz CT molecular complexity index is 1270. The summed E-state index contributed by atoms with van der Waals surface area (Å²) in [5, 5.41) is 36.2. The van der Waals surface area contributed by atoms with Gasteiger partial charge in [-0.15, -0.1) is 0 Å². The fourth-order valence-corrected chi connectivity index (χ4v) is 3.05. The molecule has 17 heteroatoms. The van der Waals surface area contributed by atoms with Crippen molar-refractivity contribution in [3.8, 4) is 5.88 Å². The van der Waals surface area contributed by atoms with Crippen LogP contribution in [0.2, 0.25) is 0 Å². The summed E-state index contributed by atoms with van der Waals surface area (Å²) >= 11 is 0. The molecule has 0 bridgehead atoms. The number of rotatable bonds is 9. The van der Waals surface area contributed by atoms with Crippen molar-refractivity contribution in [3.05, 3.63) is 35.5 Å². The normalized spacial score (nSPS) is 10.7. The predicted molar refractivity (Wildman–Crippen MR) is 112 cm³/mol. The van der Waals surface area contributed by atoms with Crippen molar-refractivity contribution in [1.29, 1.82) is 0 Å². The zero-order valence-corrected chi connectivity index (χ0v) is 26.8. The van der Waals surface area contributed by atoms with Crippen molar-refractivity contribution in [2.45, 2.75) is 25.4 Å².